The normalized spacial score (nSPS) is 17.0. The van der Waals surface area contributed by atoms with E-state index in [0.29, 0.717) is 47.3 Å². The van der Waals surface area contributed by atoms with E-state index in [1.807, 2.05) is 0 Å². The molecule has 49 heavy (non-hydrogen) atoms. The monoisotopic (exact) mass is 677 g/mol. The lowest BCUT2D eigenvalue weighted by Crippen LogP contribution is -2.49. The van der Waals surface area contributed by atoms with Crippen LogP contribution in [0.25, 0.3) is 10.4 Å². The predicted octanol–water partition coefficient (Wildman–Crippen LogP) is 7.37. The molecular weight excluding hydrogens is 646 g/mol. The summed E-state index contributed by atoms with van der Waals surface area (Å²) in [4.78, 5) is 22.3. The van der Waals surface area contributed by atoms with Crippen molar-refractivity contribution in [2.45, 2.75) is 37.2 Å². The van der Waals surface area contributed by atoms with Crippen LogP contribution in [0, 0.1) is 5.82 Å². The Labute approximate surface area is 278 Å². The molecule has 0 aromatic heterocycles. The van der Waals surface area contributed by atoms with Crippen molar-refractivity contribution in [3.63, 3.8) is 0 Å². The fraction of sp³-hybridized carbons (Fsp3) is 0.257. The summed E-state index contributed by atoms with van der Waals surface area (Å²) in [5.41, 5.74) is 7.75. The number of amides is 1. The van der Waals surface area contributed by atoms with Gasteiger partial charge in [-0.25, -0.2) is 9.38 Å². The summed E-state index contributed by atoms with van der Waals surface area (Å²) in [5.74, 6) is -0.786. The predicted molar refractivity (Wildman–Crippen MR) is 172 cm³/mol. The van der Waals surface area contributed by atoms with Gasteiger partial charge in [-0.05, 0) is 76.8 Å². The molecule has 0 saturated heterocycles. The third-order valence-electron chi connectivity index (χ3n) is 7.77. The summed E-state index contributed by atoms with van der Waals surface area (Å²) in [6.07, 6.45) is -5.64. The average molecular weight is 678 g/mol. The molecule has 2 atom stereocenters. The first-order valence-electron chi connectivity index (χ1n) is 15.1. The summed E-state index contributed by atoms with van der Waals surface area (Å²) in [6, 6.07) is 22.2. The lowest BCUT2D eigenvalue weighted by Gasteiger charge is -2.31. The SMILES string of the molecule is COc1cccc([C@H]2OC(c3ccc(OCCCO)cc3)=N[C@@]2(Cc2ccccc2N=[N+]=[N-])C(=O)NCc2cc(F)cc(C(F)(F)F)c2)c1. The van der Waals surface area contributed by atoms with Crippen LogP contribution in [0.1, 0.15) is 40.3 Å². The van der Waals surface area contributed by atoms with E-state index in [2.05, 4.69) is 15.3 Å². The van der Waals surface area contributed by atoms with Crippen LogP contribution in [0.5, 0.6) is 11.5 Å². The van der Waals surface area contributed by atoms with Gasteiger partial charge in [-0.1, -0.05) is 41.5 Å². The largest absolute Gasteiger partial charge is 0.497 e. The van der Waals surface area contributed by atoms with Crippen LogP contribution in [0.2, 0.25) is 0 Å². The fourth-order valence-corrected chi connectivity index (χ4v) is 5.43. The zero-order chi connectivity index (χ0) is 35.0. The number of nitrogens with one attached hydrogen (secondary N) is 1. The number of benzene rings is 4. The number of azide groups is 1. The number of methoxy groups -OCH3 is 1. The van der Waals surface area contributed by atoms with Crippen molar-refractivity contribution < 1.29 is 41.7 Å². The molecule has 0 spiro atoms. The standard InChI is InChI=1S/C35H31F4N5O5/c1-47-29-8-4-7-24(18-29)31-34(20-25-6-2-3-9-30(25)43-44-40,33(46)41-21-22-16-26(35(37,38)39)19-27(36)17-22)42-32(49-31)23-10-12-28(13-11-23)48-15-5-14-45/h2-4,6-13,16-19,31,45H,5,14-15,20-21H2,1H3,(H,41,46)/t31-,34-/m1/s1. The number of halogens is 4. The third kappa shape index (κ3) is 8.11. The zero-order valence-corrected chi connectivity index (χ0v) is 26.2. The number of rotatable bonds is 13. The van der Waals surface area contributed by atoms with Crippen molar-refractivity contribution in [3.05, 3.63) is 135 Å². The number of carbonyl (C=O) groups excluding carboxylic acids is 1. The van der Waals surface area contributed by atoms with Gasteiger partial charge in [0.1, 0.15) is 17.3 Å². The van der Waals surface area contributed by atoms with E-state index in [0.717, 1.165) is 12.1 Å². The van der Waals surface area contributed by atoms with Crippen LogP contribution >= 0.6 is 0 Å². The smallest absolute Gasteiger partial charge is 0.416 e. The Hall–Kier alpha value is -5.59. The third-order valence-corrected chi connectivity index (χ3v) is 7.77. The maximum atomic E-state index is 14.5. The molecule has 2 N–H and O–H groups in total. The van der Waals surface area contributed by atoms with E-state index in [9.17, 15) is 27.9 Å². The van der Waals surface area contributed by atoms with Gasteiger partial charge in [0.05, 0.1) is 19.3 Å². The molecule has 0 radical (unpaired) electrons. The molecule has 1 aliphatic rings. The van der Waals surface area contributed by atoms with Crippen molar-refractivity contribution in [1.29, 1.82) is 0 Å². The van der Waals surface area contributed by atoms with Gasteiger partial charge in [0.2, 0.25) is 5.90 Å². The lowest BCUT2D eigenvalue weighted by molar-refractivity contribution is -0.137. The van der Waals surface area contributed by atoms with Crippen molar-refractivity contribution >= 4 is 17.5 Å². The number of ether oxygens (including phenoxy) is 3. The summed E-state index contributed by atoms with van der Waals surface area (Å²) < 4.78 is 72.1. The Morgan fingerprint density at radius 2 is 1.84 bits per heavy atom. The molecule has 5 rings (SSSR count). The first-order chi connectivity index (χ1) is 23.6. The highest BCUT2D eigenvalue weighted by Gasteiger charge is 2.53. The molecule has 1 aliphatic heterocycles. The minimum absolute atomic E-state index is 0.0238. The number of alkyl halides is 3. The highest BCUT2D eigenvalue weighted by Crippen LogP contribution is 2.44. The number of aliphatic hydroxyl groups excluding tert-OH is 1. The van der Waals surface area contributed by atoms with Gasteiger partial charge in [0.15, 0.2) is 11.6 Å². The molecule has 0 bridgehead atoms. The van der Waals surface area contributed by atoms with E-state index >= 15 is 0 Å². The van der Waals surface area contributed by atoms with Crippen LogP contribution in [0.15, 0.2) is 101 Å². The molecule has 10 nitrogen and oxygen atoms in total. The summed E-state index contributed by atoms with van der Waals surface area (Å²) in [5, 5.41) is 15.5. The zero-order valence-electron chi connectivity index (χ0n) is 26.2. The van der Waals surface area contributed by atoms with Crippen LogP contribution in [-0.2, 0) is 28.7 Å². The van der Waals surface area contributed by atoms with Gasteiger partial charge in [-0.15, -0.1) is 0 Å². The molecule has 14 heteroatoms. The molecule has 1 amide bonds. The molecule has 1 heterocycles. The second-order valence-corrected chi connectivity index (χ2v) is 11.1. The van der Waals surface area contributed by atoms with Crippen LogP contribution in [0.4, 0.5) is 23.2 Å². The number of aliphatic hydroxyl groups is 1. The maximum absolute atomic E-state index is 14.5. The van der Waals surface area contributed by atoms with E-state index < -0.39 is 41.7 Å². The average Bonchev–Trinajstić information content (AvgIpc) is 3.48. The Kier molecular flexibility index (Phi) is 10.7. The Morgan fingerprint density at radius 1 is 1.06 bits per heavy atom. The lowest BCUT2D eigenvalue weighted by atomic mass is 9.81. The Balaban J connectivity index is 1.61. The first kappa shape index (κ1) is 34.7. The number of nitrogens with zero attached hydrogens (tertiary/aromatic N) is 4. The molecule has 4 aromatic rings. The minimum atomic E-state index is -4.80. The fourth-order valence-electron chi connectivity index (χ4n) is 5.43. The Morgan fingerprint density at radius 3 is 2.55 bits per heavy atom. The van der Waals surface area contributed by atoms with Crippen molar-refractivity contribution in [3.8, 4) is 11.5 Å². The molecule has 0 unspecified atom stereocenters. The van der Waals surface area contributed by atoms with Crippen molar-refractivity contribution in [1.82, 2.24) is 5.32 Å². The highest BCUT2D eigenvalue weighted by molar-refractivity contribution is 6.01. The van der Waals surface area contributed by atoms with E-state index in [1.54, 1.807) is 72.8 Å². The summed E-state index contributed by atoms with van der Waals surface area (Å²) >= 11 is 0. The molecule has 0 fully saturated rings. The molecular formula is C35H31F4N5O5. The van der Waals surface area contributed by atoms with E-state index in [1.165, 1.54) is 7.11 Å². The number of aliphatic imine (C=N–C) groups is 1. The van der Waals surface area contributed by atoms with Gasteiger partial charge in [0, 0.05) is 42.2 Å². The van der Waals surface area contributed by atoms with E-state index in [4.69, 9.17) is 24.3 Å². The first-order valence-corrected chi connectivity index (χ1v) is 15.1. The van der Waals surface area contributed by atoms with Crippen molar-refractivity contribution in [2.24, 2.45) is 10.1 Å². The van der Waals surface area contributed by atoms with Crippen molar-refractivity contribution in [2.75, 3.05) is 20.3 Å². The quantitative estimate of drug-likeness (QED) is 0.0500. The highest BCUT2D eigenvalue weighted by atomic mass is 19.4. The summed E-state index contributed by atoms with van der Waals surface area (Å²) in [6.45, 7) is -0.187. The number of hydrogen-bond donors (Lipinski definition) is 2. The topological polar surface area (TPSA) is 138 Å². The molecule has 4 aromatic carbocycles. The van der Waals surface area contributed by atoms with Gasteiger partial charge in [0.25, 0.3) is 5.91 Å². The van der Waals surface area contributed by atoms with Gasteiger partial charge in [-0.3, -0.25) is 4.79 Å². The second-order valence-electron chi connectivity index (χ2n) is 11.1. The molecule has 0 saturated carbocycles. The van der Waals surface area contributed by atoms with Gasteiger partial charge in [-0.2, -0.15) is 13.2 Å². The maximum Gasteiger partial charge on any atom is 0.416 e. The van der Waals surface area contributed by atoms with Gasteiger partial charge < -0.3 is 24.6 Å². The second kappa shape index (κ2) is 15.1. The number of hydrogen-bond acceptors (Lipinski definition) is 7. The van der Waals surface area contributed by atoms with E-state index in [-0.39, 0.29) is 30.2 Å². The van der Waals surface area contributed by atoms with Gasteiger partial charge >= 0.3 is 6.18 Å². The number of carbonyl (C=O) groups is 1. The Bertz CT molecular complexity index is 1880. The van der Waals surface area contributed by atoms with Crippen LogP contribution in [0.3, 0.4) is 0 Å². The van der Waals surface area contributed by atoms with Crippen LogP contribution in [-0.4, -0.2) is 42.8 Å². The molecule has 254 valence electrons. The van der Waals surface area contributed by atoms with Crippen LogP contribution < -0.4 is 14.8 Å². The minimum Gasteiger partial charge on any atom is -0.497 e. The molecule has 0 aliphatic carbocycles. The summed E-state index contributed by atoms with van der Waals surface area (Å²) in [7, 11) is 1.48.